The van der Waals surface area contributed by atoms with Crippen LogP contribution in [0.5, 0.6) is 0 Å². The van der Waals surface area contributed by atoms with Crippen molar-refractivity contribution in [2.24, 2.45) is 0 Å². The molecule has 2 rings (SSSR count). The van der Waals surface area contributed by atoms with Crippen LogP contribution in [-0.4, -0.2) is 57.2 Å². The minimum absolute atomic E-state index is 0.379. The molecule has 1 heterocycles. The first-order valence-electron chi connectivity index (χ1n) is 6.84. The summed E-state index contributed by atoms with van der Waals surface area (Å²) >= 11 is 1.49. The lowest BCUT2D eigenvalue weighted by molar-refractivity contribution is -0.113. The van der Waals surface area contributed by atoms with Gasteiger partial charge in [0, 0.05) is 20.0 Å². The van der Waals surface area contributed by atoms with Crippen LogP contribution in [0.15, 0.2) is 5.16 Å². The Hall–Kier alpha value is -0.700. The van der Waals surface area contributed by atoms with E-state index < -0.39 is 5.60 Å². The van der Waals surface area contributed by atoms with Gasteiger partial charge in [-0.1, -0.05) is 31.0 Å². The van der Waals surface area contributed by atoms with Crippen molar-refractivity contribution in [3.63, 3.8) is 0 Å². The van der Waals surface area contributed by atoms with E-state index in [9.17, 15) is 5.11 Å². The van der Waals surface area contributed by atoms with Crippen LogP contribution < -0.4 is 0 Å². The van der Waals surface area contributed by atoms with E-state index in [0.29, 0.717) is 17.5 Å². The van der Waals surface area contributed by atoms with Crippen LogP contribution in [0.1, 0.15) is 32.1 Å². The highest BCUT2D eigenvalue weighted by Crippen LogP contribution is 2.32. The van der Waals surface area contributed by atoms with Crippen molar-refractivity contribution >= 4 is 11.8 Å². The molecule has 1 N–H and O–H groups in total. The standard InChI is InChI=1S/C12H22N4O3S/c1-18-10(19-2)8-16-11(13-14-15-16)20-9-12(17)6-4-3-5-7-12/h10,17H,3-9H2,1-2H3. The van der Waals surface area contributed by atoms with Crippen LogP contribution in [0.25, 0.3) is 0 Å². The number of aromatic nitrogens is 4. The summed E-state index contributed by atoms with van der Waals surface area (Å²) < 4.78 is 11.9. The Morgan fingerprint density at radius 2 is 2.00 bits per heavy atom. The summed E-state index contributed by atoms with van der Waals surface area (Å²) in [6.45, 7) is 0.431. The molecule has 1 saturated carbocycles. The van der Waals surface area contributed by atoms with Gasteiger partial charge in [0.1, 0.15) is 0 Å². The predicted octanol–water partition coefficient (Wildman–Crippen LogP) is 1.08. The average Bonchev–Trinajstić information content (AvgIpc) is 2.90. The Bertz CT molecular complexity index is 405. The van der Waals surface area contributed by atoms with E-state index in [1.807, 2.05) is 0 Å². The number of hydrogen-bond acceptors (Lipinski definition) is 7. The zero-order chi connectivity index (χ0) is 14.4. The Labute approximate surface area is 123 Å². The molecule has 0 radical (unpaired) electrons. The molecule has 0 bridgehead atoms. The number of tetrazole rings is 1. The van der Waals surface area contributed by atoms with Gasteiger partial charge >= 0.3 is 0 Å². The SMILES string of the molecule is COC(Cn1nnnc1SCC1(O)CCCCC1)OC. The minimum Gasteiger partial charge on any atom is -0.389 e. The van der Waals surface area contributed by atoms with Gasteiger partial charge in [0.2, 0.25) is 5.16 Å². The van der Waals surface area contributed by atoms with Crippen molar-refractivity contribution in [1.82, 2.24) is 20.2 Å². The lowest BCUT2D eigenvalue weighted by Crippen LogP contribution is -2.34. The van der Waals surface area contributed by atoms with Crippen molar-refractivity contribution in [2.75, 3.05) is 20.0 Å². The quantitative estimate of drug-likeness (QED) is 0.596. The van der Waals surface area contributed by atoms with Crippen LogP contribution >= 0.6 is 11.8 Å². The summed E-state index contributed by atoms with van der Waals surface area (Å²) in [6, 6.07) is 0. The molecule has 20 heavy (non-hydrogen) atoms. The fraction of sp³-hybridized carbons (Fsp3) is 0.917. The molecule has 1 fully saturated rings. The summed E-state index contributed by atoms with van der Waals surface area (Å²) in [5, 5.41) is 22.8. The highest BCUT2D eigenvalue weighted by molar-refractivity contribution is 7.99. The summed E-state index contributed by atoms with van der Waals surface area (Å²) in [6.07, 6.45) is 4.75. The van der Waals surface area contributed by atoms with Crippen LogP contribution in [0.3, 0.4) is 0 Å². The van der Waals surface area contributed by atoms with Crippen LogP contribution in [0.4, 0.5) is 0 Å². The monoisotopic (exact) mass is 302 g/mol. The fourth-order valence-electron chi connectivity index (χ4n) is 2.35. The molecule has 1 aromatic heterocycles. The first-order chi connectivity index (χ1) is 9.67. The predicted molar refractivity (Wildman–Crippen MR) is 74.4 cm³/mol. The Morgan fingerprint density at radius 1 is 1.30 bits per heavy atom. The highest BCUT2D eigenvalue weighted by Gasteiger charge is 2.30. The van der Waals surface area contributed by atoms with Gasteiger partial charge < -0.3 is 14.6 Å². The van der Waals surface area contributed by atoms with Gasteiger partial charge in [0.25, 0.3) is 0 Å². The zero-order valence-electron chi connectivity index (χ0n) is 12.0. The van der Waals surface area contributed by atoms with E-state index in [-0.39, 0.29) is 6.29 Å². The first kappa shape index (κ1) is 15.7. The van der Waals surface area contributed by atoms with Crippen molar-refractivity contribution < 1.29 is 14.6 Å². The fourth-order valence-corrected chi connectivity index (χ4v) is 3.39. The van der Waals surface area contributed by atoms with Gasteiger partial charge in [0.15, 0.2) is 6.29 Å². The minimum atomic E-state index is -0.582. The molecule has 0 unspecified atom stereocenters. The Kier molecular flexibility index (Phi) is 5.76. The molecule has 114 valence electrons. The van der Waals surface area contributed by atoms with E-state index in [4.69, 9.17) is 9.47 Å². The van der Waals surface area contributed by atoms with E-state index in [2.05, 4.69) is 15.5 Å². The molecule has 1 aliphatic carbocycles. The molecule has 7 nitrogen and oxygen atoms in total. The van der Waals surface area contributed by atoms with Crippen molar-refractivity contribution in [1.29, 1.82) is 0 Å². The third kappa shape index (κ3) is 4.15. The van der Waals surface area contributed by atoms with Crippen LogP contribution in [-0.2, 0) is 16.0 Å². The number of rotatable bonds is 7. The van der Waals surface area contributed by atoms with Crippen molar-refractivity contribution in [2.45, 2.75) is 55.7 Å². The van der Waals surface area contributed by atoms with E-state index in [1.54, 1.807) is 18.9 Å². The van der Waals surface area contributed by atoms with Crippen LogP contribution in [0.2, 0.25) is 0 Å². The Morgan fingerprint density at radius 3 is 2.65 bits per heavy atom. The molecule has 0 spiro atoms. The largest absolute Gasteiger partial charge is 0.389 e. The first-order valence-corrected chi connectivity index (χ1v) is 7.82. The molecule has 0 saturated heterocycles. The topological polar surface area (TPSA) is 82.3 Å². The zero-order valence-corrected chi connectivity index (χ0v) is 12.8. The number of methoxy groups -OCH3 is 2. The molecule has 0 aromatic carbocycles. The second-order valence-corrected chi connectivity index (χ2v) is 6.06. The molecule has 1 aromatic rings. The number of aliphatic hydroxyl groups is 1. The number of hydrogen-bond donors (Lipinski definition) is 1. The second kappa shape index (κ2) is 7.35. The lowest BCUT2D eigenvalue weighted by Gasteiger charge is -2.31. The lowest BCUT2D eigenvalue weighted by atomic mass is 9.86. The maximum Gasteiger partial charge on any atom is 0.209 e. The molecule has 0 aliphatic heterocycles. The number of thioether (sulfide) groups is 1. The van der Waals surface area contributed by atoms with E-state index >= 15 is 0 Å². The van der Waals surface area contributed by atoms with E-state index in [1.165, 1.54) is 18.2 Å². The summed E-state index contributed by atoms with van der Waals surface area (Å²) in [5.41, 5.74) is -0.582. The van der Waals surface area contributed by atoms with E-state index in [0.717, 1.165) is 25.7 Å². The third-order valence-electron chi connectivity index (χ3n) is 3.60. The van der Waals surface area contributed by atoms with Gasteiger partial charge in [-0.2, -0.15) is 0 Å². The molecule has 0 atom stereocenters. The van der Waals surface area contributed by atoms with Crippen molar-refractivity contribution in [3.8, 4) is 0 Å². The van der Waals surface area contributed by atoms with Crippen LogP contribution in [0, 0.1) is 0 Å². The summed E-state index contributed by atoms with van der Waals surface area (Å²) in [5.74, 6) is 0.623. The molecule has 8 heteroatoms. The molecule has 1 aliphatic rings. The number of ether oxygens (including phenoxy) is 2. The third-order valence-corrected chi connectivity index (χ3v) is 4.83. The average molecular weight is 302 g/mol. The maximum atomic E-state index is 10.5. The number of nitrogens with zero attached hydrogens (tertiary/aromatic N) is 4. The second-order valence-electron chi connectivity index (χ2n) is 5.12. The van der Waals surface area contributed by atoms with Gasteiger partial charge in [-0.3, -0.25) is 0 Å². The highest BCUT2D eigenvalue weighted by atomic mass is 32.2. The maximum absolute atomic E-state index is 10.5. The smallest absolute Gasteiger partial charge is 0.209 e. The van der Waals surface area contributed by atoms with Gasteiger partial charge in [-0.05, 0) is 23.3 Å². The van der Waals surface area contributed by atoms with Gasteiger partial charge in [0.05, 0.1) is 12.1 Å². The normalized spacial score (nSPS) is 18.6. The summed E-state index contributed by atoms with van der Waals surface area (Å²) in [4.78, 5) is 0. The van der Waals surface area contributed by atoms with Gasteiger partial charge in [-0.15, -0.1) is 5.10 Å². The molecular weight excluding hydrogens is 280 g/mol. The van der Waals surface area contributed by atoms with Gasteiger partial charge in [-0.25, -0.2) is 4.68 Å². The van der Waals surface area contributed by atoms with Crippen molar-refractivity contribution in [3.05, 3.63) is 0 Å². The summed E-state index contributed by atoms with van der Waals surface area (Å²) in [7, 11) is 3.16. The molecule has 0 amide bonds. The Balaban J connectivity index is 1.91. The molecular formula is C12H22N4O3S.